The zero-order valence-electron chi connectivity index (χ0n) is 13.6. The fourth-order valence-corrected chi connectivity index (χ4v) is 5.71. The molecule has 3 atom stereocenters. The Bertz CT molecular complexity index is 610. The minimum Gasteiger partial charge on any atom is -0.464 e. The molecule has 136 valence electrons. The summed E-state index contributed by atoms with van der Waals surface area (Å²) >= 11 is 0. The summed E-state index contributed by atoms with van der Waals surface area (Å²) in [7, 11) is -4.11. The van der Waals surface area contributed by atoms with E-state index in [0.717, 1.165) is 38.7 Å². The first kappa shape index (κ1) is 16.8. The van der Waals surface area contributed by atoms with Crippen LogP contribution >= 0.6 is 0 Å². The highest BCUT2D eigenvalue weighted by Gasteiger charge is 2.62. The number of hydrogen-bond donors (Lipinski definition) is 1. The van der Waals surface area contributed by atoms with Crippen LogP contribution in [0.25, 0.3) is 0 Å². The number of hydrogen-bond acceptors (Lipinski definition) is 6. The van der Waals surface area contributed by atoms with Crippen LogP contribution in [0.1, 0.15) is 38.5 Å². The molecule has 0 amide bonds. The molecule has 24 heavy (non-hydrogen) atoms. The molecule has 4 saturated carbocycles. The Balaban J connectivity index is 1.44. The fraction of sp³-hybridized carbons (Fsp3) is 0.938. The lowest BCUT2D eigenvalue weighted by atomic mass is 9.48. The average molecular weight is 360 g/mol. The third-order valence-corrected chi connectivity index (χ3v) is 6.68. The molecule has 0 aromatic carbocycles. The number of carbonyl (C=O) groups is 1. The highest BCUT2D eigenvalue weighted by molar-refractivity contribution is 7.85. The second-order valence-electron chi connectivity index (χ2n) is 8.11. The molecule has 0 spiro atoms. The molecule has 1 N–H and O–H groups in total. The third kappa shape index (κ3) is 3.34. The molecule has 5 fully saturated rings. The van der Waals surface area contributed by atoms with Crippen molar-refractivity contribution < 1.29 is 32.0 Å². The maximum absolute atomic E-state index is 12.7. The van der Waals surface area contributed by atoms with Gasteiger partial charge in [0.15, 0.2) is 0 Å². The lowest BCUT2D eigenvalue weighted by Gasteiger charge is -2.60. The molecule has 3 unspecified atom stereocenters. The van der Waals surface area contributed by atoms with Crippen molar-refractivity contribution in [3.05, 3.63) is 0 Å². The Labute approximate surface area is 141 Å². The molecule has 4 bridgehead atoms. The van der Waals surface area contributed by atoms with Crippen LogP contribution in [0.4, 0.5) is 0 Å². The van der Waals surface area contributed by atoms with E-state index >= 15 is 0 Å². The van der Waals surface area contributed by atoms with E-state index in [2.05, 4.69) is 0 Å². The van der Waals surface area contributed by atoms with Gasteiger partial charge in [-0.1, -0.05) is 0 Å². The predicted molar refractivity (Wildman–Crippen MR) is 82.9 cm³/mol. The van der Waals surface area contributed by atoms with E-state index in [9.17, 15) is 13.2 Å². The number of rotatable bonds is 7. The molecule has 0 aromatic rings. The van der Waals surface area contributed by atoms with Crippen molar-refractivity contribution in [1.29, 1.82) is 0 Å². The van der Waals surface area contributed by atoms with E-state index in [-0.39, 0.29) is 24.3 Å². The average Bonchev–Trinajstić information content (AvgIpc) is 3.26. The first-order valence-corrected chi connectivity index (χ1v) is 10.3. The summed E-state index contributed by atoms with van der Waals surface area (Å²) in [5, 5.41) is 0. The molecule has 8 heteroatoms. The highest BCUT2D eigenvalue weighted by Crippen LogP contribution is 2.63. The smallest absolute Gasteiger partial charge is 0.312 e. The topological polar surface area (TPSA) is 102 Å². The van der Waals surface area contributed by atoms with Gasteiger partial charge in [-0.05, 0) is 50.4 Å². The summed E-state index contributed by atoms with van der Waals surface area (Å²) in [4.78, 5) is 12.7. The van der Waals surface area contributed by atoms with E-state index in [1.54, 1.807) is 0 Å². The Kier molecular flexibility index (Phi) is 3.95. The summed E-state index contributed by atoms with van der Waals surface area (Å²) in [5.74, 6) is 0.0689. The number of ether oxygens (including phenoxy) is 3. The molecule has 5 rings (SSSR count). The van der Waals surface area contributed by atoms with E-state index in [1.165, 1.54) is 0 Å². The Hall–Kier alpha value is -0.700. The minimum atomic E-state index is -4.11. The Morgan fingerprint density at radius 2 is 1.88 bits per heavy atom. The zero-order valence-corrected chi connectivity index (χ0v) is 14.4. The fourth-order valence-electron chi connectivity index (χ4n) is 5.41. The largest absolute Gasteiger partial charge is 0.464 e. The minimum absolute atomic E-state index is 0.204. The van der Waals surface area contributed by atoms with Crippen LogP contribution < -0.4 is 0 Å². The van der Waals surface area contributed by atoms with Crippen molar-refractivity contribution >= 4 is 16.1 Å². The summed E-state index contributed by atoms with van der Waals surface area (Å²) in [6.07, 6.45) is 5.61. The van der Waals surface area contributed by atoms with Gasteiger partial charge in [0.1, 0.15) is 18.5 Å². The van der Waals surface area contributed by atoms with E-state index < -0.39 is 21.3 Å². The van der Waals surface area contributed by atoms with Crippen molar-refractivity contribution in [1.82, 2.24) is 0 Å². The van der Waals surface area contributed by atoms with Crippen molar-refractivity contribution in [3.63, 3.8) is 0 Å². The van der Waals surface area contributed by atoms with Gasteiger partial charge in [-0.25, -0.2) is 0 Å². The first-order chi connectivity index (χ1) is 11.3. The summed E-state index contributed by atoms with van der Waals surface area (Å²) in [6, 6.07) is 0. The van der Waals surface area contributed by atoms with Gasteiger partial charge in [-0.15, -0.1) is 0 Å². The van der Waals surface area contributed by atoms with E-state index in [4.69, 9.17) is 18.8 Å². The maximum Gasteiger partial charge on any atom is 0.312 e. The van der Waals surface area contributed by atoms with Gasteiger partial charge < -0.3 is 14.2 Å². The standard InChI is InChI=1S/C16H24O7S/c17-14(21-1-2-24(18,19)20)15-4-11-3-12(5-15)7-16(6-11,10-15)23-9-13-8-22-13/h11-13H,1-10H2,(H,18,19,20). The monoisotopic (exact) mass is 360 g/mol. The van der Waals surface area contributed by atoms with Gasteiger partial charge in [-0.2, -0.15) is 8.42 Å². The van der Waals surface area contributed by atoms with Crippen molar-refractivity contribution in [3.8, 4) is 0 Å². The predicted octanol–water partition coefficient (Wildman–Crippen LogP) is 1.17. The molecule has 1 aliphatic heterocycles. The molecule has 0 aromatic heterocycles. The maximum atomic E-state index is 12.7. The highest BCUT2D eigenvalue weighted by atomic mass is 32.2. The third-order valence-electron chi connectivity index (χ3n) is 5.99. The molecular formula is C16H24O7S. The lowest BCUT2D eigenvalue weighted by Crippen LogP contribution is -2.59. The molecule has 1 heterocycles. The van der Waals surface area contributed by atoms with Gasteiger partial charge in [0.05, 0.1) is 24.2 Å². The Morgan fingerprint density at radius 1 is 1.21 bits per heavy atom. The van der Waals surface area contributed by atoms with Crippen molar-refractivity contribution in [2.24, 2.45) is 17.3 Å². The van der Waals surface area contributed by atoms with Crippen molar-refractivity contribution in [2.75, 3.05) is 25.6 Å². The van der Waals surface area contributed by atoms with Gasteiger partial charge in [-0.3, -0.25) is 9.35 Å². The van der Waals surface area contributed by atoms with E-state index in [0.29, 0.717) is 24.9 Å². The van der Waals surface area contributed by atoms with Gasteiger partial charge in [0, 0.05) is 0 Å². The number of carbonyl (C=O) groups excluding carboxylic acids is 1. The van der Waals surface area contributed by atoms with Crippen molar-refractivity contribution in [2.45, 2.75) is 50.2 Å². The Morgan fingerprint density at radius 3 is 2.46 bits per heavy atom. The molecule has 0 radical (unpaired) electrons. The first-order valence-electron chi connectivity index (χ1n) is 8.66. The molecule has 1 saturated heterocycles. The second-order valence-corrected chi connectivity index (χ2v) is 9.68. The van der Waals surface area contributed by atoms with Gasteiger partial charge in [0.2, 0.25) is 0 Å². The van der Waals surface area contributed by atoms with Crippen LogP contribution in [-0.2, 0) is 29.1 Å². The molecule has 5 aliphatic rings. The van der Waals surface area contributed by atoms with Crippen LogP contribution in [0.15, 0.2) is 0 Å². The normalized spacial score (nSPS) is 43.0. The van der Waals surface area contributed by atoms with Gasteiger partial charge in [0.25, 0.3) is 10.1 Å². The molecule has 7 nitrogen and oxygen atoms in total. The van der Waals surface area contributed by atoms with E-state index in [1.807, 2.05) is 0 Å². The van der Waals surface area contributed by atoms with Crippen LogP contribution in [-0.4, -0.2) is 56.2 Å². The van der Waals surface area contributed by atoms with Crippen LogP contribution in [0, 0.1) is 17.3 Å². The summed E-state index contributed by atoms with van der Waals surface area (Å²) in [5.41, 5.74) is -0.800. The SMILES string of the molecule is O=C(OCCS(=O)(=O)O)C12CC3CC(CC(OCC4CO4)(C3)C1)C2. The summed E-state index contributed by atoms with van der Waals surface area (Å²) in [6.45, 7) is 1.05. The lowest BCUT2D eigenvalue weighted by molar-refractivity contribution is -0.210. The van der Waals surface area contributed by atoms with Gasteiger partial charge >= 0.3 is 5.97 Å². The second kappa shape index (κ2) is 5.65. The number of esters is 1. The van der Waals surface area contributed by atoms with Crippen LogP contribution in [0.2, 0.25) is 0 Å². The zero-order chi connectivity index (χ0) is 17.0. The van der Waals surface area contributed by atoms with Crippen LogP contribution in [0.3, 0.4) is 0 Å². The summed E-state index contributed by atoms with van der Waals surface area (Å²) < 4.78 is 47.1. The molecule has 4 aliphatic carbocycles. The molecular weight excluding hydrogens is 336 g/mol. The number of epoxide rings is 1. The quantitative estimate of drug-likeness (QED) is 0.413. The van der Waals surface area contributed by atoms with Crippen LogP contribution in [0.5, 0.6) is 0 Å².